The SMILES string of the molecule is C[C@H](NS(=O)(=O)c1ccccc1C(F)(F)F)C(=O)Nc1cccc(NC(=O)C2CC2)c1. The van der Waals surface area contributed by atoms with Crippen molar-refractivity contribution in [3.63, 3.8) is 0 Å². The molecule has 7 nitrogen and oxygen atoms in total. The molecule has 166 valence electrons. The van der Waals surface area contributed by atoms with Gasteiger partial charge in [0, 0.05) is 17.3 Å². The fourth-order valence-corrected chi connectivity index (χ4v) is 4.23. The second kappa shape index (κ2) is 8.67. The predicted molar refractivity (Wildman–Crippen MR) is 108 cm³/mol. The van der Waals surface area contributed by atoms with Crippen LogP contribution in [0.4, 0.5) is 24.5 Å². The third-order valence-corrected chi connectivity index (χ3v) is 6.15. The first-order valence-corrected chi connectivity index (χ1v) is 10.9. The molecule has 0 unspecified atom stereocenters. The van der Waals surface area contributed by atoms with E-state index in [1.54, 1.807) is 12.1 Å². The molecule has 2 amide bonds. The Hall–Kier alpha value is -2.92. The lowest BCUT2D eigenvalue weighted by Crippen LogP contribution is -2.42. The van der Waals surface area contributed by atoms with Crippen molar-refractivity contribution in [2.24, 2.45) is 5.92 Å². The number of benzene rings is 2. The van der Waals surface area contributed by atoms with Crippen LogP contribution in [0.15, 0.2) is 53.4 Å². The molecule has 0 aliphatic heterocycles. The summed E-state index contributed by atoms with van der Waals surface area (Å²) in [6, 6.07) is 8.60. The molecule has 0 saturated heterocycles. The Morgan fingerprint density at radius 3 is 2.23 bits per heavy atom. The maximum absolute atomic E-state index is 13.1. The minimum absolute atomic E-state index is 0.00717. The number of amides is 2. The predicted octanol–water partition coefficient (Wildman–Crippen LogP) is 3.36. The van der Waals surface area contributed by atoms with Crippen molar-refractivity contribution in [2.45, 2.75) is 36.9 Å². The van der Waals surface area contributed by atoms with E-state index in [0.717, 1.165) is 31.0 Å². The number of nitrogens with one attached hydrogen (secondary N) is 3. The maximum atomic E-state index is 13.1. The summed E-state index contributed by atoms with van der Waals surface area (Å²) in [6.07, 6.45) is -3.21. The maximum Gasteiger partial charge on any atom is 0.417 e. The Labute approximate surface area is 177 Å². The molecular formula is C20H20F3N3O4S. The van der Waals surface area contributed by atoms with Gasteiger partial charge in [0.05, 0.1) is 16.5 Å². The molecule has 2 aromatic rings. The highest BCUT2D eigenvalue weighted by molar-refractivity contribution is 7.89. The molecule has 31 heavy (non-hydrogen) atoms. The summed E-state index contributed by atoms with van der Waals surface area (Å²) in [6.45, 7) is 1.21. The molecule has 0 bridgehead atoms. The van der Waals surface area contributed by atoms with Gasteiger partial charge in [0.2, 0.25) is 21.8 Å². The lowest BCUT2D eigenvalue weighted by molar-refractivity contribution is -0.139. The van der Waals surface area contributed by atoms with Gasteiger partial charge in [0.25, 0.3) is 0 Å². The van der Waals surface area contributed by atoms with Gasteiger partial charge in [-0.05, 0) is 50.1 Å². The summed E-state index contributed by atoms with van der Waals surface area (Å²) in [4.78, 5) is 23.3. The van der Waals surface area contributed by atoms with Crippen LogP contribution in [0.1, 0.15) is 25.3 Å². The van der Waals surface area contributed by atoms with Crippen LogP contribution in [0.2, 0.25) is 0 Å². The zero-order chi connectivity index (χ0) is 22.8. The second-order valence-corrected chi connectivity index (χ2v) is 8.85. The largest absolute Gasteiger partial charge is 0.417 e. The number of anilines is 2. The average Bonchev–Trinajstić information content (AvgIpc) is 3.52. The molecule has 0 heterocycles. The molecule has 2 aromatic carbocycles. The highest BCUT2D eigenvalue weighted by atomic mass is 32.2. The van der Waals surface area contributed by atoms with E-state index in [-0.39, 0.29) is 11.8 Å². The summed E-state index contributed by atoms with van der Waals surface area (Å²) < 4.78 is 66.3. The molecular weight excluding hydrogens is 435 g/mol. The number of sulfonamides is 1. The first-order valence-electron chi connectivity index (χ1n) is 9.38. The van der Waals surface area contributed by atoms with Crippen LogP contribution < -0.4 is 15.4 Å². The lowest BCUT2D eigenvalue weighted by Gasteiger charge is -2.17. The van der Waals surface area contributed by atoms with Crippen molar-refractivity contribution in [3.05, 3.63) is 54.1 Å². The van der Waals surface area contributed by atoms with Crippen LogP contribution in [-0.4, -0.2) is 26.3 Å². The minimum atomic E-state index is -4.87. The number of carbonyl (C=O) groups excluding carboxylic acids is 2. The van der Waals surface area contributed by atoms with Crippen LogP contribution >= 0.6 is 0 Å². The summed E-state index contributed by atoms with van der Waals surface area (Å²) >= 11 is 0. The zero-order valence-electron chi connectivity index (χ0n) is 16.4. The fourth-order valence-electron chi connectivity index (χ4n) is 2.80. The average molecular weight is 455 g/mol. The van der Waals surface area contributed by atoms with E-state index in [0.29, 0.717) is 17.4 Å². The molecule has 1 fully saturated rings. The summed E-state index contributed by atoms with van der Waals surface area (Å²) in [7, 11) is -4.63. The van der Waals surface area contributed by atoms with Crippen molar-refractivity contribution in [2.75, 3.05) is 10.6 Å². The van der Waals surface area contributed by atoms with Crippen LogP contribution in [0, 0.1) is 5.92 Å². The van der Waals surface area contributed by atoms with Gasteiger partial charge in [-0.3, -0.25) is 9.59 Å². The van der Waals surface area contributed by atoms with Crippen LogP contribution in [-0.2, 0) is 25.8 Å². The second-order valence-electron chi connectivity index (χ2n) is 7.17. The van der Waals surface area contributed by atoms with E-state index < -0.39 is 38.6 Å². The number of hydrogen-bond acceptors (Lipinski definition) is 4. The molecule has 11 heteroatoms. The Kier molecular flexibility index (Phi) is 6.37. The molecule has 1 aliphatic carbocycles. The quantitative estimate of drug-likeness (QED) is 0.596. The molecule has 1 saturated carbocycles. The van der Waals surface area contributed by atoms with Gasteiger partial charge in [-0.1, -0.05) is 18.2 Å². The number of carbonyl (C=O) groups is 2. The van der Waals surface area contributed by atoms with Gasteiger partial charge in [-0.15, -0.1) is 0 Å². The van der Waals surface area contributed by atoms with E-state index in [1.165, 1.54) is 19.1 Å². The fraction of sp³-hybridized carbons (Fsp3) is 0.300. The number of halogens is 3. The van der Waals surface area contributed by atoms with Crippen molar-refractivity contribution in [3.8, 4) is 0 Å². The lowest BCUT2D eigenvalue weighted by atomic mass is 10.2. The minimum Gasteiger partial charge on any atom is -0.326 e. The van der Waals surface area contributed by atoms with Crippen molar-refractivity contribution >= 4 is 33.2 Å². The topological polar surface area (TPSA) is 104 Å². The third kappa shape index (κ3) is 5.82. The summed E-state index contributed by atoms with van der Waals surface area (Å²) in [5.41, 5.74) is -0.573. The number of hydrogen-bond donors (Lipinski definition) is 3. The Balaban J connectivity index is 1.69. The highest BCUT2D eigenvalue weighted by Crippen LogP contribution is 2.34. The first kappa shape index (κ1) is 22.8. The summed E-state index contributed by atoms with van der Waals surface area (Å²) in [5.74, 6) is -0.904. The number of alkyl halides is 3. The van der Waals surface area contributed by atoms with Gasteiger partial charge in [-0.25, -0.2) is 8.42 Å². The van der Waals surface area contributed by atoms with E-state index in [4.69, 9.17) is 0 Å². The molecule has 1 aliphatic rings. The van der Waals surface area contributed by atoms with Crippen molar-refractivity contribution < 1.29 is 31.2 Å². The van der Waals surface area contributed by atoms with E-state index in [1.807, 2.05) is 4.72 Å². The molecule has 0 spiro atoms. The van der Waals surface area contributed by atoms with Crippen molar-refractivity contribution in [1.29, 1.82) is 0 Å². The third-order valence-electron chi connectivity index (χ3n) is 4.55. The van der Waals surface area contributed by atoms with E-state index in [9.17, 15) is 31.2 Å². The smallest absolute Gasteiger partial charge is 0.326 e. The Morgan fingerprint density at radius 2 is 1.61 bits per heavy atom. The Bertz CT molecular complexity index is 1100. The highest BCUT2D eigenvalue weighted by Gasteiger charge is 2.37. The standard InChI is InChI=1S/C20H20F3N3O4S/c1-12(26-31(29,30)17-8-3-2-7-16(17)20(21,22)23)18(27)24-14-5-4-6-15(11-14)25-19(28)13-9-10-13/h2-8,11-13,26H,9-10H2,1H3,(H,24,27)(H,25,28)/t12-/m0/s1. The van der Waals surface area contributed by atoms with Crippen LogP contribution in [0.3, 0.4) is 0 Å². The van der Waals surface area contributed by atoms with Crippen LogP contribution in [0.5, 0.6) is 0 Å². The summed E-state index contributed by atoms with van der Waals surface area (Å²) in [5, 5.41) is 5.20. The zero-order valence-corrected chi connectivity index (χ0v) is 17.2. The molecule has 1 atom stereocenters. The van der Waals surface area contributed by atoms with Gasteiger partial charge >= 0.3 is 6.18 Å². The van der Waals surface area contributed by atoms with Gasteiger partial charge < -0.3 is 10.6 Å². The van der Waals surface area contributed by atoms with Crippen molar-refractivity contribution in [1.82, 2.24) is 4.72 Å². The van der Waals surface area contributed by atoms with Crippen LogP contribution in [0.25, 0.3) is 0 Å². The van der Waals surface area contributed by atoms with Gasteiger partial charge in [0.15, 0.2) is 0 Å². The van der Waals surface area contributed by atoms with Gasteiger partial charge in [0.1, 0.15) is 0 Å². The number of rotatable bonds is 7. The van der Waals surface area contributed by atoms with E-state index in [2.05, 4.69) is 10.6 Å². The first-order chi connectivity index (χ1) is 14.5. The molecule has 3 rings (SSSR count). The molecule has 0 aromatic heterocycles. The Morgan fingerprint density at radius 1 is 1.00 bits per heavy atom. The van der Waals surface area contributed by atoms with E-state index >= 15 is 0 Å². The van der Waals surface area contributed by atoms with Gasteiger partial charge in [-0.2, -0.15) is 17.9 Å². The molecule has 0 radical (unpaired) electrons. The molecule has 3 N–H and O–H groups in total. The normalized spacial score (nSPS) is 15.2. The monoisotopic (exact) mass is 455 g/mol.